The number of benzene rings is 1. The number of rotatable bonds is 6. The van der Waals surface area contributed by atoms with Gasteiger partial charge < -0.3 is 10.4 Å². The monoisotopic (exact) mass is 283 g/mol. The van der Waals surface area contributed by atoms with E-state index in [4.69, 9.17) is 16.7 Å². The lowest BCUT2D eigenvalue weighted by molar-refractivity contribution is -0.146. The zero-order valence-electron chi connectivity index (χ0n) is 11.1. The van der Waals surface area contributed by atoms with Gasteiger partial charge in [0.05, 0.1) is 5.41 Å². The molecule has 0 aliphatic carbocycles. The number of hydrogen-bond acceptors (Lipinski definition) is 2. The number of carboxylic acid groups (broad SMARTS) is 1. The minimum atomic E-state index is -0.948. The van der Waals surface area contributed by atoms with Gasteiger partial charge in [-0.1, -0.05) is 23.7 Å². The lowest BCUT2D eigenvalue weighted by atomic mass is 9.94. The Morgan fingerprint density at radius 1 is 1.26 bits per heavy atom. The maximum absolute atomic E-state index is 11.6. The van der Waals surface area contributed by atoms with Gasteiger partial charge in [-0.2, -0.15) is 0 Å². The molecule has 104 valence electrons. The van der Waals surface area contributed by atoms with Crippen LogP contribution in [0.4, 0.5) is 0 Å². The van der Waals surface area contributed by atoms with E-state index in [2.05, 4.69) is 5.32 Å². The molecular weight excluding hydrogens is 266 g/mol. The number of aliphatic carboxylic acids is 1. The second-order valence-corrected chi connectivity index (χ2v) is 5.53. The van der Waals surface area contributed by atoms with Crippen molar-refractivity contribution in [1.82, 2.24) is 5.32 Å². The van der Waals surface area contributed by atoms with Crippen LogP contribution in [0.25, 0.3) is 0 Å². The van der Waals surface area contributed by atoms with Crippen molar-refractivity contribution < 1.29 is 14.7 Å². The molecule has 1 rings (SSSR count). The van der Waals surface area contributed by atoms with E-state index in [9.17, 15) is 9.59 Å². The first-order valence-electron chi connectivity index (χ1n) is 6.06. The summed E-state index contributed by atoms with van der Waals surface area (Å²) in [7, 11) is 0. The lowest BCUT2D eigenvalue weighted by Crippen LogP contribution is -2.38. The predicted molar refractivity (Wildman–Crippen MR) is 74.2 cm³/mol. The average molecular weight is 284 g/mol. The van der Waals surface area contributed by atoms with Gasteiger partial charge in [-0.3, -0.25) is 9.59 Å². The van der Waals surface area contributed by atoms with Crippen LogP contribution in [0.3, 0.4) is 0 Å². The minimum absolute atomic E-state index is 0.127. The van der Waals surface area contributed by atoms with Crippen LogP contribution in [0.2, 0.25) is 5.02 Å². The van der Waals surface area contributed by atoms with E-state index in [1.165, 1.54) is 0 Å². The number of carbonyl (C=O) groups excluding carboxylic acids is 1. The highest BCUT2D eigenvalue weighted by Crippen LogP contribution is 2.14. The molecule has 0 unspecified atom stereocenters. The smallest absolute Gasteiger partial charge is 0.310 e. The molecule has 0 aromatic heterocycles. The fourth-order valence-electron chi connectivity index (χ4n) is 1.39. The molecule has 19 heavy (non-hydrogen) atoms. The molecule has 0 saturated carbocycles. The normalized spacial score (nSPS) is 11.1. The highest BCUT2D eigenvalue weighted by Gasteiger charge is 2.27. The number of nitrogens with one attached hydrogen (secondary N) is 1. The highest BCUT2D eigenvalue weighted by atomic mass is 35.5. The second kappa shape index (κ2) is 6.57. The summed E-state index contributed by atoms with van der Waals surface area (Å²) in [5.41, 5.74) is 0.0766. The van der Waals surface area contributed by atoms with E-state index < -0.39 is 11.4 Å². The van der Waals surface area contributed by atoms with Crippen LogP contribution in [-0.4, -0.2) is 23.5 Å². The van der Waals surface area contributed by atoms with E-state index in [1.54, 1.807) is 26.0 Å². The molecule has 1 amide bonds. The van der Waals surface area contributed by atoms with Crippen molar-refractivity contribution in [2.45, 2.75) is 26.7 Å². The van der Waals surface area contributed by atoms with Crippen molar-refractivity contribution in [3.05, 3.63) is 34.9 Å². The topological polar surface area (TPSA) is 66.4 Å². The van der Waals surface area contributed by atoms with Crippen LogP contribution >= 0.6 is 11.6 Å². The molecule has 0 aliphatic rings. The van der Waals surface area contributed by atoms with E-state index in [0.29, 0.717) is 17.9 Å². The van der Waals surface area contributed by atoms with Crippen molar-refractivity contribution in [2.24, 2.45) is 5.41 Å². The number of carbonyl (C=O) groups is 2. The molecule has 0 fully saturated rings. The Morgan fingerprint density at radius 3 is 2.37 bits per heavy atom. The van der Waals surface area contributed by atoms with Crippen molar-refractivity contribution >= 4 is 23.5 Å². The average Bonchev–Trinajstić information content (AvgIpc) is 2.35. The summed E-state index contributed by atoms with van der Waals surface area (Å²) in [5.74, 6) is -1.07. The minimum Gasteiger partial charge on any atom is -0.481 e. The largest absolute Gasteiger partial charge is 0.481 e. The molecule has 0 aliphatic heterocycles. The first-order valence-corrected chi connectivity index (χ1v) is 6.43. The van der Waals surface area contributed by atoms with E-state index in [1.807, 2.05) is 12.1 Å². The van der Waals surface area contributed by atoms with Gasteiger partial charge >= 0.3 is 5.97 Å². The maximum Gasteiger partial charge on any atom is 0.310 e. The van der Waals surface area contributed by atoms with Gasteiger partial charge in [-0.25, -0.2) is 0 Å². The first kappa shape index (κ1) is 15.5. The van der Waals surface area contributed by atoms with E-state index in [-0.39, 0.29) is 12.5 Å². The third kappa shape index (κ3) is 5.30. The zero-order chi connectivity index (χ0) is 14.5. The summed E-state index contributed by atoms with van der Waals surface area (Å²) in [4.78, 5) is 22.5. The molecule has 0 radical (unpaired) electrons. The molecule has 5 heteroatoms. The Hall–Kier alpha value is -1.55. The van der Waals surface area contributed by atoms with Gasteiger partial charge in [0.15, 0.2) is 0 Å². The second-order valence-electron chi connectivity index (χ2n) is 5.09. The van der Waals surface area contributed by atoms with Crippen LogP contribution in [0.1, 0.15) is 25.8 Å². The zero-order valence-corrected chi connectivity index (χ0v) is 11.8. The Labute approximate surface area is 117 Å². The SMILES string of the molecule is CC(C)(CNC(=O)CCc1ccc(Cl)cc1)C(=O)O. The standard InChI is InChI=1S/C14H18ClNO3/c1-14(2,13(18)19)9-16-12(17)8-5-10-3-6-11(15)7-4-10/h3-4,6-7H,5,8-9H2,1-2H3,(H,16,17)(H,18,19). The number of halogens is 1. The Morgan fingerprint density at radius 2 is 1.84 bits per heavy atom. The molecule has 1 aromatic carbocycles. The van der Waals surface area contributed by atoms with Crippen LogP contribution in [0.5, 0.6) is 0 Å². The molecule has 0 bridgehead atoms. The van der Waals surface area contributed by atoms with Crippen molar-refractivity contribution in [3.63, 3.8) is 0 Å². The number of carboxylic acids is 1. The fourth-order valence-corrected chi connectivity index (χ4v) is 1.52. The van der Waals surface area contributed by atoms with Crippen LogP contribution in [0, 0.1) is 5.41 Å². The summed E-state index contributed by atoms with van der Waals surface area (Å²) < 4.78 is 0. The first-order chi connectivity index (χ1) is 8.81. The highest BCUT2D eigenvalue weighted by molar-refractivity contribution is 6.30. The maximum atomic E-state index is 11.6. The Kier molecular flexibility index (Phi) is 5.36. The third-order valence-electron chi connectivity index (χ3n) is 2.86. The summed E-state index contributed by atoms with van der Waals surface area (Å²) >= 11 is 5.77. The molecule has 2 N–H and O–H groups in total. The van der Waals surface area contributed by atoms with Crippen molar-refractivity contribution in [1.29, 1.82) is 0 Å². The summed E-state index contributed by atoms with van der Waals surface area (Å²) in [6, 6.07) is 7.30. The molecule has 0 heterocycles. The Bertz CT molecular complexity index is 454. The Balaban J connectivity index is 2.36. The van der Waals surface area contributed by atoms with Gasteiger partial charge in [0.25, 0.3) is 0 Å². The third-order valence-corrected chi connectivity index (χ3v) is 3.11. The number of aryl methyl sites for hydroxylation is 1. The summed E-state index contributed by atoms with van der Waals surface area (Å²) in [6.45, 7) is 3.28. The molecule has 0 spiro atoms. The number of hydrogen-bond donors (Lipinski definition) is 2. The lowest BCUT2D eigenvalue weighted by Gasteiger charge is -2.19. The van der Waals surface area contributed by atoms with Gasteiger partial charge in [-0.15, -0.1) is 0 Å². The molecular formula is C14H18ClNO3. The van der Waals surface area contributed by atoms with Crippen LogP contribution in [-0.2, 0) is 16.0 Å². The van der Waals surface area contributed by atoms with Gasteiger partial charge in [0.1, 0.15) is 0 Å². The fraction of sp³-hybridized carbons (Fsp3) is 0.429. The van der Waals surface area contributed by atoms with Gasteiger partial charge in [0, 0.05) is 18.0 Å². The predicted octanol–water partition coefficient (Wildman–Crippen LogP) is 2.50. The van der Waals surface area contributed by atoms with E-state index >= 15 is 0 Å². The summed E-state index contributed by atoms with van der Waals surface area (Å²) in [6.07, 6.45) is 0.938. The molecule has 0 atom stereocenters. The number of amides is 1. The van der Waals surface area contributed by atoms with E-state index in [0.717, 1.165) is 5.56 Å². The van der Waals surface area contributed by atoms with Gasteiger partial charge in [0.2, 0.25) is 5.91 Å². The van der Waals surface area contributed by atoms with Crippen molar-refractivity contribution in [2.75, 3.05) is 6.54 Å². The van der Waals surface area contributed by atoms with Crippen LogP contribution in [0.15, 0.2) is 24.3 Å². The molecule has 0 saturated heterocycles. The molecule has 1 aromatic rings. The quantitative estimate of drug-likeness (QED) is 0.843. The molecule has 4 nitrogen and oxygen atoms in total. The summed E-state index contributed by atoms with van der Waals surface area (Å²) in [5, 5.41) is 12.2. The van der Waals surface area contributed by atoms with Gasteiger partial charge in [-0.05, 0) is 38.0 Å². The van der Waals surface area contributed by atoms with Crippen molar-refractivity contribution in [3.8, 4) is 0 Å². The van der Waals surface area contributed by atoms with Crippen LogP contribution < -0.4 is 5.32 Å².